The van der Waals surface area contributed by atoms with Crippen LogP contribution >= 0.6 is 0 Å². The summed E-state index contributed by atoms with van der Waals surface area (Å²) in [5.41, 5.74) is 0. The number of unbranched alkanes of at least 4 members (excludes halogenated alkanes) is 1. The minimum absolute atomic E-state index is 0.00629. The van der Waals surface area contributed by atoms with Crippen molar-refractivity contribution < 1.29 is 24.0 Å². The van der Waals surface area contributed by atoms with Crippen molar-refractivity contribution in [1.82, 2.24) is 5.06 Å². The third-order valence-electron chi connectivity index (χ3n) is 2.90. The molecule has 1 heterocycles. The second kappa shape index (κ2) is 10.1. The van der Waals surface area contributed by atoms with Gasteiger partial charge in [-0.1, -0.05) is 27.7 Å². The minimum atomic E-state index is -0.611. The van der Waals surface area contributed by atoms with Crippen LogP contribution in [0.1, 0.15) is 66.2 Å². The Balaban J connectivity index is 0.00000191. The van der Waals surface area contributed by atoms with E-state index < -0.39 is 17.8 Å². The Kier molecular flexibility index (Phi) is 9.25. The van der Waals surface area contributed by atoms with E-state index in [2.05, 4.69) is 0 Å². The van der Waals surface area contributed by atoms with Crippen molar-refractivity contribution in [2.75, 3.05) is 0 Å². The molecule has 0 spiro atoms. The summed E-state index contributed by atoms with van der Waals surface area (Å²) in [4.78, 5) is 49.8. The van der Waals surface area contributed by atoms with Gasteiger partial charge < -0.3 is 4.84 Å². The van der Waals surface area contributed by atoms with Crippen molar-refractivity contribution >= 4 is 23.6 Å². The Hall–Kier alpha value is -1.72. The molecule has 0 aromatic heterocycles. The number of amides is 2. The SMILES string of the molecule is CC.CC(C)C(=O)CCCCC(=O)ON1C(=O)CCC1=O. The maximum atomic E-state index is 11.4. The lowest BCUT2D eigenvalue weighted by Gasteiger charge is -2.12. The molecule has 0 radical (unpaired) electrons. The van der Waals surface area contributed by atoms with Gasteiger partial charge in [-0.3, -0.25) is 14.4 Å². The molecule has 2 amide bonds. The van der Waals surface area contributed by atoms with Crippen LogP contribution in [-0.2, 0) is 24.0 Å². The van der Waals surface area contributed by atoms with Crippen LogP contribution in [0.5, 0.6) is 0 Å². The molecular weight excluding hydrogens is 274 g/mol. The molecule has 0 atom stereocenters. The van der Waals surface area contributed by atoms with Crippen LogP contribution in [0.25, 0.3) is 0 Å². The van der Waals surface area contributed by atoms with Crippen LogP contribution < -0.4 is 0 Å². The van der Waals surface area contributed by atoms with Crippen LogP contribution in [-0.4, -0.2) is 28.6 Å². The van der Waals surface area contributed by atoms with Crippen molar-refractivity contribution in [3.8, 4) is 0 Å². The lowest BCUT2D eigenvalue weighted by Crippen LogP contribution is -2.31. The highest BCUT2D eigenvalue weighted by atomic mass is 16.7. The number of hydrogen-bond donors (Lipinski definition) is 0. The first-order valence-electron chi connectivity index (χ1n) is 7.51. The molecule has 0 aromatic carbocycles. The lowest BCUT2D eigenvalue weighted by atomic mass is 10.0. The number of carbonyl (C=O) groups is 4. The summed E-state index contributed by atoms with van der Waals surface area (Å²) in [6, 6.07) is 0. The highest BCUT2D eigenvalue weighted by Gasteiger charge is 2.32. The Labute approximate surface area is 125 Å². The molecule has 0 aliphatic carbocycles. The molecule has 120 valence electrons. The predicted molar refractivity (Wildman–Crippen MR) is 76.8 cm³/mol. The van der Waals surface area contributed by atoms with Gasteiger partial charge in [-0.15, -0.1) is 5.06 Å². The maximum absolute atomic E-state index is 11.4. The number of imide groups is 1. The average molecular weight is 299 g/mol. The first kappa shape index (κ1) is 19.3. The van der Waals surface area contributed by atoms with Gasteiger partial charge in [0.15, 0.2) is 0 Å². The van der Waals surface area contributed by atoms with E-state index in [1.165, 1.54) is 0 Å². The van der Waals surface area contributed by atoms with E-state index in [9.17, 15) is 19.2 Å². The zero-order valence-electron chi connectivity index (χ0n) is 13.3. The molecule has 1 aliphatic rings. The van der Waals surface area contributed by atoms with Crippen LogP contribution in [0.3, 0.4) is 0 Å². The van der Waals surface area contributed by atoms with Gasteiger partial charge >= 0.3 is 5.97 Å². The van der Waals surface area contributed by atoms with Gasteiger partial charge in [0.2, 0.25) is 0 Å². The minimum Gasteiger partial charge on any atom is -0.330 e. The summed E-state index contributed by atoms with van der Waals surface area (Å²) in [5.74, 6) is -1.40. The first-order chi connectivity index (χ1) is 9.91. The molecule has 0 N–H and O–H groups in total. The molecule has 1 aliphatic heterocycles. The van der Waals surface area contributed by atoms with Gasteiger partial charge in [0.1, 0.15) is 5.78 Å². The van der Waals surface area contributed by atoms with Gasteiger partial charge in [-0.05, 0) is 12.8 Å². The molecule has 0 unspecified atom stereocenters. The monoisotopic (exact) mass is 299 g/mol. The zero-order valence-corrected chi connectivity index (χ0v) is 13.3. The van der Waals surface area contributed by atoms with Crippen molar-refractivity contribution in [2.24, 2.45) is 5.92 Å². The molecule has 0 bridgehead atoms. The normalized spacial score (nSPS) is 14.0. The molecule has 0 saturated carbocycles. The van der Waals surface area contributed by atoms with Crippen LogP contribution in [0.15, 0.2) is 0 Å². The summed E-state index contributed by atoms with van der Waals surface area (Å²) in [5, 5.41) is 0.543. The molecule has 6 heteroatoms. The number of carbonyl (C=O) groups excluding carboxylic acids is 4. The summed E-state index contributed by atoms with van der Waals surface area (Å²) in [6.45, 7) is 7.67. The standard InChI is InChI=1S/C13H19NO5.C2H6/c1-9(2)10(15)5-3-4-6-13(18)19-14-11(16)7-8-12(14)17;1-2/h9H,3-8H2,1-2H3;1-2H3. The van der Waals surface area contributed by atoms with Gasteiger partial charge in [0, 0.05) is 31.6 Å². The molecule has 6 nitrogen and oxygen atoms in total. The molecular formula is C15H25NO5. The fourth-order valence-electron chi connectivity index (χ4n) is 1.66. The highest BCUT2D eigenvalue weighted by molar-refractivity contribution is 6.01. The summed E-state index contributed by atoms with van der Waals surface area (Å²) in [6.07, 6.45) is 1.83. The van der Waals surface area contributed by atoms with Crippen LogP contribution in [0, 0.1) is 5.92 Å². The van der Waals surface area contributed by atoms with Crippen LogP contribution in [0.4, 0.5) is 0 Å². The van der Waals surface area contributed by atoms with Crippen molar-refractivity contribution in [1.29, 1.82) is 0 Å². The third-order valence-corrected chi connectivity index (χ3v) is 2.90. The first-order valence-corrected chi connectivity index (χ1v) is 7.51. The maximum Gasteiger partial charge on any atom is 0.333 e. The molecule has 1 fully saturated rings. The molecule has 1 rings (SSSR count). The summed E-state index contributed by atoms with van der Waals surface area (Å²) >= 11 is 0. The van der Waals surface area contributed by atoms with Gasteiger partial charge in [-0.25, -0.2) is 4.79 Å². The summed E-state index contributed by atoms with van der Waals surface area (Å²) < 4.78 is 0. The van der Waals surface area contributed by atoms with E-state index in [0.717, 1.165) is 0 Å². The van der Waals surface area contributed by atoms with E-state index in [4.69, 9.17) is 4.84 Å². The fraction of sp³-hybridized carbons (Fsp3) is 0.733. The number of rotatable bonds is 7. The Morgan fingerprint density at radius 2 is 1.52 bits per heavy atom. The predicted octanol–water partition coefficient (Wildman–Crippen LogP) is 2.41. The van der Waals surface area contributed by atoms with Crippen molar-refractivity contribution in [3.05, 3.63) is 0 Å². The van der Waals surface area contributed by atoms with Gasteiger partial charge in [0.25, 0.3) is 11.8 Å². The lowest BCUT2D eigenvalue weighted by molar-refractivity contribution is -0.197. The zero-order chi connectivity index (χ0) is 16.4. The number of nitrogens with zero attached hydrogens (tertiary/aromatic N) is 1. The second-order valence-electron chi connectivity index (χ2n) is 4.87. The van der Waals surface area contributed by atoms with E-state index in [0.29, 0.717) is 24.3 Å². The number of Topliss-reactive ketones (excluding diaryl/α,β-unsaturated/α-hetero) is 1. The molecule has 21 heavy (non-hydrogen) atoms. The Morgan fingerprint density at radius 1 is 1.05 bits per heavy atom. The van der Waals surface area contributed by atoms with Gasteiger partial charge in [0.05, 0.1) is 0 Å². The average Bonchev–Trinajstić information content (AvgIpc) is 2.77. The van der Waals surface area contributed by atoms with Crippen molar-refractivity contribution in [2.45, 2.75) is 66.2 Å². The molecule has 1 saturated heterocycles. The Morgan fingerprint density at radius 3 is 2.00 bits per heavy atom. The highest BCUT2D eigenvalue weighted by Crippen LogP contribution is 2.13. The van der Waals surface area contributed by atoms with E-state index in [1.54, 1.807) is 0 Å². The quantitative estimate of drug-likeness (QED) is 0.532. The fourth-order valence-corrected chi connectivity index (χ4v) is 1.66. The Bertz CT molecular complexity index is 374. The third kappa shape index (κ3) is 7.02. The number of hydrogen-bond acceptors (Lipinski definition) is 5. The largest absolute Gasteiger partial charge is 0.333 e. The smallest absolute Gasteiger partial charge is 0.330 e. The number of hydroxylamine groups is 2. The number of ketones is 1. The molecule has 0 aromatic rings. The van der Waals surface area contributed by atoms with Crippen LogP contribution in [0.2, 0.25) is 0 Å². The van der Waals surface area contributed by atoms with E-state index in [-0.39, 0.29) is 31.0 Å². The van der Waals surface area contributed by atoms with Crippen molar-refractivity contribution in [3.63, 3.8) is 0 Å². The van der Waals surface area contributed by atoms with E-state index in [1.807, 2.05) is 27.7 Å². The summed E-state index contributed by atoms with van der Waals surface area (Å²) in [7, 11) is 0. The van der Waals surface area contributed by atoms with Gasteiger partial charge in [-0.2, -0.15) is 0 Å². The topological polar surface area (TPSA) is 80.8 Å². The van der Waals surface area contributed by atoms with E-state index >= 15 is 0 Å². The second-order valence-corrected chi connectivity index (χ2v) is 4.87.